The molecule has 0 radical (unpaired) electrons. The second kappa shape index (κ2) is 8.66. The monoisotopic (exact) mass is 410 g/mol. The topological polar surface area (TPSA) is 57.4 Å². The number of aromatic nitrogens is 2. The number of nitrogens with zero attached hydrogens (tertiary/aromatic N) is 2. The maximum absolute atomic E-state index is 6.18. The van der Waals surface area contributed by atoms with Crippen molar-refractivity contribution in [2.24, 2.45) is 0 Å². The first-order valence-corrected chi connectivity index (χ1v) is 9.44. The minimum atomic E-state index is 0.469. The molecule has 3 rings (SSSR count). The van der Waals surface area contributed by atoms with E-state index in [1.165, 1.54) is 11.8 Å². The van der Waals surface area contributed by atoms with Gasteiger partial charge < -0.3 is 13.9 Å². The average Bonchev–Trinajstić information content (AvgIpc) is 3.08. The van der Waals surface area contributed by atoms with E-state index < -0.39 is 0 Å². The molecule has 1 heterocycles. The predicted octanol–water partition coefficient (Wildman–Crippen LogP) is 5.28. The molecule has 0 aliphatic carbocycles. The molecule has 0 saturated heterocycles. The Bertz CT molecular complexity index is 882. The smallest absolute Gasteiger partial charge is 0.276 e. The summed E-state index contributed by atoms with van der Waals surface area (Å²) in [5.41, 5.74) is 1.83. The van der Waals surface area contributed by atoms with Crippen LogP contribution in [0.15, 0.2) is 46.0 Å². The van der Waals surface area contributed by atoms with Crippen molar-refractivity contribution in [1.82, 2.24) is 10.2 Å². The van der Waals surface area contributed by atoms with Gasteiger partial charge in [0.05, 0.1) is 20.6 Å². The second-order valence-electron chi connectivity index (χ2n) is 5.32. The van der Waals surface area contributed by atoms with Crippen LogP contribution in [0, 0.1) is 0 Å². The molecule has 0 unspecified atom stereocenters. The summed E-state index contributed by atoms with van der Waals surface area (Å²) in [4.78, 5) is 0. The highest BCUT2D eigenvalue weighted by molar-refractivity contribution is 7.98. The fourth-order valence-electron chi connectivity index (χ4n) is 2.34. The van der Waals surface area contributed by atoms with Crippen molar-refractivity contribution in [3.05, 3.63) is 63.5 Å². The van der Waals surface area contributed by atoms with Gasteiger partial charge in [-0.3, -0.25) is 0 Å². The largest absolute Gasteiger partial charge is 0.493 e. The average molecular weight is 411 g/mol. The van der Waals surface area contributed by atoms with Crippen LogP contribution in [0.25, 0.3) is 0 Å². The molecule has 136 valence electrons. The van der Waals surface area contributed by atoms with Crippen LogP contribution < -0.4 is 9.47 Å². The normalized spacial score (nSPS) is 10.8. The third kappa shape index (κ3) is 4.44. The number of rotatable bonds is 7. The van der Waals surface area contributed by atoms with Crippen molar-refractivity contribution >= 4 is 35.0 Å². The Morgan fingerprint density at radius 2 is 1.73 bits per heavy atom. The highest BCUT2D eigenvalue weighted by atomic mass is 35.5. The van der Waals surface area contributed by atoms with Crippen LogP contribution >= 0.6 is 35.0 Å². The Hall–Kier alpha value is -1.89. The Balaban J connectivity index is 1.67. The van der Waals surface area contributed by atoms with Gasteiger partial charge in [-0.05, 0) is 35.4 Å². The molecular weight excluding hydrogens is 395 g/mol. The van der Waals surface area contributed by atoms with E-state index in [4.69, 9.17) is 37.1 Å². The molecule has 8 heteroatoms. The summed E-state index contributed by atoms with van der Waals surface area (Å²) in [6, 6.07) is 11.1. The van der Waals surface area contributed by atoms with Crippen molar-refractivity contribution in [2.45, 2.75) is 17.4 Å². The van der Waals surface area contributed by atoms with E-state index in [2.05, 4.69) is 10.2 Å². The number of halogens is 2. The number of hydrogen-bond acceptors (Lipinski definition) is 6. The third-order valence-corrected chi connectivity index (χ3v) is 5.21. The Morgan fingerprint density at radius 3 is 2.42 bits per heavy atom. The van der Waals surface area contributed by atoms with Crippen LogP contribution in [0.1, 0.15) is 17.0 Å². The number of benzene rings is 2. The minimum Gasteiger partial charge on any atom is -0.493 e. The zero-order valence-corrected chi connectivity index (χ0v) is 16.5. The van der Waals surface area contributed by atoms with Gasteiger partial charge in [0.15, 0.2) is 11.5 Å². The Kier molecular flexibility index (Phi) is 6.29. The van der Waals surface area contributed by atoms with Crippen LogP contribution in [0.3, 0.4) is 0 Å². The molecule has 0 saturated carbocycles. The molecule has 0 aliphatic rings. The molecule has 0 N–H and O–H groups in total. The van der Waals surface area contributed by atoms with E-state index >= 15 is 0 Å². The van der Waals surface area contributed by atoms with Crippen LogP contribution in [0.5, 0.6) is 11.5 Å². The van der Waals surface area contributed by atoms with E-state index in [0.29, 0.717) is 44.8 Å². The van der Waals surface area contributed by atoms with Gasteiger partial charge >= 0.3 is 0 Å². The van der Waals surface area contributed by atoms with Gasteiger partial charge in [-0.15, -0.1) is 10.2 Å². The first-order chi connectivity index (χ1) is 12.6. The van der Waals surface area contributed by atoms with Gasteiger partial charge in [0.1, 0.15) is 0 Å². The number of thioether (sulfide) groups is 1. The molecule has 5 nitrogen and oxygen atoms in total. The lowest BCUT2D eigenvalue weighted by Crippen LogP contribution is -1.94. The molecule has 0 fully saturated rings. The van der Waals surface area contributed by atoms with Gasteiger partial charge in [-0.25, -0.2) is 0 Å². The van der Waals surface area contributed by atoms with E-state index in [9.17, 15) is 0 Å². The summed E-state index contributed by atoms with van der Waals surface area (Å²) in [5, 5.41) is 9.87. The fourth-order valence-corrected chi connectivity index (χ4v) is 3.86. The summed E-state index contributed by atoms with van der Waals surface area (Å²) in [6.45, 7) is 0. The molecule has 0 amide bonds. The van der Waals surface area contributed by atoms with E-state index in [1.807, 2.05) is 24.3 Å². The molecular formula is C18H16Cl2N2O3S. The highest BCUT2D eigenvalue weighted by Gasteiger charge is 2.12. The highest BCUT2D eigenvalue weighted by Crippen LogP contribution is 2.32. The molecule has 3 aromatic rings. The summed E-state index contributed by atoms with van der Waals surface area (Å²) in [6.07, 6.45) is 0.501. The lowest BCUT2D eigenvalue weighted by molar-refractivity contribution is 0.354. The van der Waals surface area contributed by atoms with Crippen LogP contribution in [0.2, 0.25) is 10.0 Å². The zero-order chi connectivity index (χ0) is 18.5. The molecule has 0 spiro atoms. The first kappa shape index (κ1) is 18.9. The fraction of sp³-hybridized carbons (Fsp3) is 0.222. The standard InChI is InChI=1S/C18H16Cl2N2O3S/c1-23-15-7-6-11(8-16(15)24-2)9-17-21-22-18(25-17)26-10-12-13(19)4-3-5-14(12)20/h3-8H,9-10H2,1-2H3. The Morgan fingerprint density at radius 1 is 1.00 bits per heavy atom. The van der Waals surface area contributed by atoms with E-state index in [0.717, 1.165) is 11.1 Å². The maximum Gasteiger partial charge on any atom is 0.276 e. The van der Waals surface area contributed by atoms with Crippen molar-refractivity contribution < 1.29 is 13.9 Å². The summed E-state index contributed by atoms with van der Waals surface area (Å²) < 4.78 is 16.2. The van der Waals surface area contributed by atoms with Gasteiger partial charge in [-0.2, -0.15) is 0 Å². The molecule has 0 atom stereocenters. The van der Waals surface area contributed by atoms with E-state index in [1.54, 1.807) is 26.4 Å². The van der Waals surface area contributed by atoms with Crippen LogP contribution in [-0.2, 0) is 12.2 Å². The van der Waals surface area contributed by atoms with Gasteiger partial charge in [0, 0.05) is 15.8 Å². The SMILES string of the molecule is COc1ccc(Cc2nnc(SCc3c(Cl)cccc3Cl)o2)cc1OC. The predicted molar refractivity (Wildman–Crippen MR) is 103 cm³/mol. The second-order valence-corrected chi connectivity index (χ2v) is 7.06. The van der Waals surface area contributed by atoms with Crippen LogP contribution in [-0.4, -0.2) is 24.4 Å². The molecule has 0 bridgehead atoms. The van der Waals surface area contributed by atoms with Crippen molar-refractivity contribution in [1.29, 1.82) is 0 Å². The molecule has 0 aliphatic heterocycles. The number of hydrogen-bond donors (Lipinski definition) is 0. The van der Waals surface area contributed by atoms with E-state index in [-0.39, 0.29) is 0 Å². The van der Waals surface area contributed by atoms with Crippen molar-refractivity contribution in [3.63, 3.8) is 0 Å². The zero-order valence-electron chi connectivity index (χ0n) is 14.2. The maximum atomic E-state index is 6.18. The lowest BCUT2D eigenvalue weighted by Gasteiger charge is -2.08. The van der Waals surface area contributed by atoms with Crippen molar-refractivity contribution in [2.75, 3.05) is 14.2 Å². The minimum absolute atomic E-state index is 0.469. The number of ether oxygens (including phenoxy) is 2. The quantitative estimate of drug-likeness (QED) is 0.494. The lowest BCUT2D eigenvalue weighted by atomic mass is 10.1. The first-order valence-electron chi connectivity index (χ1n) is 7.69. The number of methoxy groups -OCH3 is 2. The summed E-state index contributed by atoms with van der Waals surface area (Å²) in [7, 11) is 3.20. The summed E-state index contributed by atoms with van der Waals surface area (Å²) in [5.74, 6) is 2.41. The van der Waals surface area contributed by atoms with Gasteiger partial charge in [0.25, 0.3) is 5.22 Å². The Labute approximate surface area is 165 Å². The molecule has 26 heavy (non-hydrogen) atoms. The molecule has 1 aromatic heterocycles. The van der Waals surface area contributed by atoms with Crippen LogP contribution in [0.4, 0.5) is 0 Å². The van der Waals surface area contributed by atoms with Gasteiger partial charge in [-0.1, -0.05) is 47.1 Å². The van der Waals surface area contributed by atoms with Gasteiger partial charge in [0.2, 0.25) is 5.89 Å². The third-order valence-electron chi connectivity index (χ3n) is 3.65. The molecule has 2 aromatic carbocycles. The van der Waals surface area contributed by atoms with Crippen molar-refractivity contribution in [3.8, 4) is 11.5 Å². The summed E-state index contributed by atoms with van der Waals surface area (Å²) >= 11 is 13.7.